The normalized spacial score (nSPS) is 30.5. The van der Waals surface area contributed by atoms with Gasteiger partial charge in [-0.1, -0.05) is 6.42 Å². The van der Waals surface area contributed by atoms with Gasteiger partial charge in [-0.15, -0.1) is 0 Å². The van der Waals surface area contributed by atoms with Gasteiger partial charge in [-0.3, -0.25) is 9.69 Å². The van der Waals surface area contributed by atoms with Crippen molar-refractivity contribution in [1.82, 2.24) is 4.90 Å². The van der Waals surface area contributed by atoms with E-state index in [1.54, 1.807) is 14.2 Å². The Morgan fingerprint density at radius 2 is 1.91 bits per heavy atom. The van der Waals surface area contributed by atoms with Crippen LogP contribution in [-0.2, 0) is 11.2 Å². The Morgan fingerprint density at radius 1 is 1.14 bits per heavy atom. The zero-order valence-electron chi connectivity index (χ0n) is 13.3. The SMILES string of the molecule is COc1cc2c(cc1OC)[C@H]1CC(=O)[C@H]3CCC[C@@H]3N1CC2. The van der Waals surface area contributed by atoms with E-state index in [-0.39, 0.29) is 12.0 Å². The second kappa shape index (κ2) is 5.27. The quantitative estimate of drug-likeness (QED) is 0.842. The largest absolute Gasteiger partial charge is 0.493 e. The van der Waals surface area contributed by atoms with Crippen LogP contribution >= 0.6 is 0 Å². The van der Waals surface area contributed by atoms with Crippen LogP contribution in [-0.4, -0.2) is 37.5 Å². The summed E-state index contributed by atoms with van der Waals surface area (Å²) in [5, 5.41) is 0. The fourth-order valence-corrected chi connectivity index (χ4v) is 4.73. The highest BCUT2D eigenvalue weighted by molar-refractivity contribution is 5.84. The van der Waals surface area contributed by atoms with Crippen LogP contribution in [0.3, 0.4) is 0 Å². The first-order chi connectivity index (χ1) is 10.7. The van der Waals surface area contributed by atoms with Gasteiger partial charge in [-0.2, -0.15) is 0 Å². The average molecular weight is 301 g/mol. The highest BCUT2D eigenvalue weighted by Crippen LogP contribution is 2.47. The average Bonchev–Trinajstić information content (AvgIpc) is 3.04. The molecule has 3 aliphatic rings. The van der Waals surface area contributed by atoms with Crippen molar-refractivity contribution in [3.63, 3.8) is 0 Å². The first-order valence-corrected chi connectivity index (χ1v) is 8.26. The molecule has 0 amide bonds. The Labute approximate surface area is 131 Å². The summed E-state index contributed by atoms with van der Waals surface area (Å²) in [7, 11) is 3.34. The van der Waals surface area contributed by atoms with Crippen molar-refractivity contribution in [2.45, 2.75) is 44.2 Å². The number of rotatable bonds is 2. The number of carbonyl (C=O) groups is 1. The van der Waals surface area contributed by atoms with Gasteiger partial charge in [-0.05, 0) is 42.5 Å². The molecule has 22 heavy (non-hydrogen) atoms. The highest BCUT2D eigenvalue weighted by Gasteiger charge is 2.46. The summed E-state index contributed by atoms with van der Waals surface area (Å²) in [4.78, 5) is 15.1. The second-order valence-corrected chi connectivity index (χ2v) is 6.68. The van der Waals surface area contributed by atoms with Crippen LogP contribution in [0.15, 0.2) is 12.1 Å². The molecule has 0 N–H and O–H groups in total. The number of ether oxygens (including phenoxy) is 2. The molecule has 3 atom stereocenters. The fourth-order valence-electron chi connectivity index (χ4n) is 4.73. The maximum atomic E-state index is 12.5. The van der Waals surface area contributed by atoms with Crippen LogP contribution in [0.2, 0.25) is 0 Å². The molecule has 4 rings (SSSR count). The number of hydrogen-bond donors (Lipinski definition) is 0. The summed E-state index contributed by atoms with van der Waals surface area (Å²) in [6, 6.07) is 4.88. The zero-order valence-corrected chi connectivity index (χ0v) is 13.3. The van der Waals surface area contributed by atoms with Gasteiger partial charge in [-0.25, -0.2) is 0 Å². The molecule has 4 nitrogen and oxygen atoms in total. The Bertz CT molecular complexity index is 613. The predicted octanol–water partition coefficient (Wildman–Crippen LogP) is 2.74. The van der Waals surface area contributed by atoms with Crippen LogP contribution in [0.1, 0.15) is 42.9 Å². The number of fused-ring (bicyclic) bond motifs is 5. The summed E-state index contributed by atoms with van der Waals surface area (Å²) in [6.07, 6.45) is 5.15. The van der Waals surface area contributed by atoms with Crippen molar-refractivity contribution >= 4 is 5.78 Å². The minimum Gasteiger partial charge on any atom is -0.493 e. The van der Waals surface area contributed by atoms with Crippen molar-refractivity contribution < 1.29 is 14.3 Å². The molecule has 0 spiro atoms. The number of benzene rings is 1. The number of Topliss-reactive ketones (excluding diaryl/α,β-unsaturated/α-hetero) is 1. The van der Waals surface area contributed by atoms with Crippen molar-refractivity contribution in [3.05, 3.63) is 23.3 Å². The Morgan fingerprint density at radius 3 is 2.68 bits per heavy atom. The summed E-state index contributed by atoms with van der Waals surface area (Å²) < 4.78 is 10.9. The molecule has 4 heteroatoms. The topological polar surface area (TPSA) is 38.8 Å². The van der Waals surface area contributed by atoms with E-state index in [1.807, 2.05) is 0 Å². The molecule has 0 aromatic heterocycles. The standard InChI is InChI=1S/C18H23NO3/c1-21-17-8-11-6-7-19-14-5-3-4-12(14)16(20)10-15(19)13(11)9-18(17)22-2/h8-9,12,14-15H,3-7,10H2,1-2H3/t12-,14-,15+/m0/s1. The maximum Gasteiger partial charge on any atom is 0.161 e. The minimum atomic E-state index is 0.232. The van der Waals surface area contributed by atoms with Crippen molar-refractivity contribution in [3.8, 4) is 11.5 Å². The molecule has 118 valence electrons. The van der Waals surface area contributed by atoms with Crippen LogP contribution in [0.4, 0.5) is 0 Å². The first kappa shape index (κ1) is 14.1. The number of nitrogens with zero attached hydrogens (tertiary/aromatic N) is 1. The summed E-state index contributed by atoms with van der Waals surface area (Å²) in [6.45, 7) is 1.06. The zero-order chi connectivity index (χ0) is 15.3. The molecular formula is C18H23NO3. The number of hydrogen-bond acceptors (Lipinski definition) is 4. The van der Waals surface area contributed by atoms with Gasteiger partial charge in [0.05, 0.1) is 14.2 Å². The number of ketones is 1. The van der Waals surface area contributed by atoms with Gasteiger partial charge in [0.2, 0.25) is 0 Å². The smallest absolute Gasteiger partial charge is 0.161 e. The molecule has 2 heterocycles. The second-order valence-electron chi connectivity index (χ2n) is 6.68. The van der Waals surface area contributed by atoms with Gasteiger partial charge < -0.3 is 9.47 Å². The lowest BCUT2D eigenvalue weighted by Crippen LogP contribution is -2.51. The molecular weight excluding hydrogens is 278 g/mol. The third-order valence-electron chi connectivity index (χ3n) is 5.76. The number of methoxy groups -OCH3 is 2. The lowest BCUT2D eigenvalue weighted by molar-refractivity contribution is -0.131. The van der Waals surface area contributed by atoms with E-state index in [0.29, 0.717) is 18.2 Å². The van der Waals surface area contributed by atoms with E-state index >= 15 is 0 Å². The van der Waals surface area contributed by atoms with Crippen LogP contribution in [0.25, 0.3) is 0 Å². The van der Waals surface area contributed by atoms with Gasteiger partial charge in [0.25, 0.3) is 0 Å². The van der Waals surface area contributed by atoms with Crippen molar-refractivity contribution in [1.29, 1.82) is 0 Å². The van der Waals surface area contributed by atoms with Crippen LogP contribution in [0.5, 0.6) is 11.5 Å². The lowest BCUT2D eigenvalue weighted by atomic mass is 9.79. The third-order valence-corrected chi connectivity index (χ3v) is 5.76. The van der Waals surface area contributed by atoms with Crippen molar-refractivity contribution in [2.24, 2.45) is 5.92 Å². The van der Waals surface area contributed by atoms with E-state index in [9.17, 15) is 4.79 Å². The fraction of sp³-hybridized carbons (Fsp3) is 0.611. The molecule has 1 saturated carbocycles. The third kappa shape index (κ3) is 1.97. The van der Waals surface area contributed by atoms with Crippen molar-refractivity contribution in [2.75, 3.05) is 20.8 Å². The predicted molar refractivity (Wildman–Crippen MR) is 83.5 cm³/mol. The number of piperidine rings is 1. The molecule has 2 aliphatic heterocycles. The molecule has 1 aromatic carbocycles. The van der Waals surface area contributed by atoms with Crippen LogP contribution < -0.4 is 9.47 Å². The molecule has 1 saturated heterocycles. The molecule has 0 bridgehead atoms. The first-order valence-electron chi connectivity index (χ1n) is 8.26. The van der Waals surface area contributed by atoms with E-state index < -0.39 is 0 Å². The lowest BCUT2D eigenvalue weighted by Gasteiger charge is -2.46. The van der Waals surface area contributed by atoms with Gasteiger partial charge in [0.15, 0.2) is 11.5 Å². The Kier molecular flexibility index (Phi) is 3.37. The molecule has 2 fully saturated rings. The van der Waals surface area contributed by atoms with E-state index in [2.05, 4.69) is 17.0 Å². The number of carbonyl (C=O) groups excluding carboxylic acids is 1. The van der Waals surface area contributed by atoms with Gasteiger partial charge >= 0.3 is 0 Å². The summed E-state index contributed by atoms with van der Waals surface area (Å²) in [5.74, 6) is 2.31. The van der Waals surface area contributed by atoms with E-state index in [4.69, 9.17) is 9.47 Å². The molecule has 1 aliphatic carbocycles. The minimum absolute atomic E-state index is 0.232. The van der Waals surface area contributed by atoms with E-state index in [0.717, 1.165) is 30.9 Å². The molecule has 1 aromatic rings. The summed E-state index contributed by atoms with van der Waals surface area (Å²) in [5.41, 5.74) is 2.57. The molecule has 0 radical (unpaired) electrons. The highest BCUT2D eigenvalue weighted by atomic mass is 16.5. The monoisotopic (exact) mass is 301 g/mol. The van der Waals surface area contributed by atoms with Gasteiger partial charge in [0, 0.05) is 31.0 Å². The Hall–Kier alpha value is -1.55. The van der Waals surface area contributed by atoms with Crippen LogP contribution in [0, 0.1) is 5.92 Å². The van der Waals surface area contributed by atoms with Gasteiger partial charge in [0.1, 0.15) is 5.78 Å². The Balaban J connectivity index is 1.75. The molecule has 0 unspecified atom stereocenters. The maximum absolute atomic E-state index is 12.5. The summed E-state index contributed by atoms with van der Waals surface area (Å²) >= 11 is 0. The van der Waals surface area contributed by atoms with E-state index in [1.165, 1.54) is 24.0 Å².